The van der Waals surface area contributed by atoms with Gasteiger partial charge in [0.1, 0.15) is 10.7 Å². The average Bonchev–Trinajstić information content (AvgIpc) is 2.57. The molecule has 0 unspecified atom stereocenters. The number of unbranched alkanes of at least 4 members (excludes halogenated alkanes) is 1. The number of hydrogen-bond acceptors (Lipinski definition) is 4. The molecular formula is C16H17Cl2FN2O4S2. The molecule has 0 aliphatic heterocycles. The molecule has 0 aromatic heterocycles. The first-order chi connectivity index (χ1) is 12.5. The van der Waals surface area contributed by atoms with E-state index in [1.807, 2.05) is 6.92 Å². The number of benzene rings is 2. The van der Waals surface area contributed by atoms with Crippen LogP contribution in [0.15, 0.2) is 41.3 Å². The first-order valence-corrected chi connectivity index (χ1v) is 11.7. The number of sulfonamides is 2. The Bertz CT molecular complexity index is 1040. The van der Waals surface area contributed by atoms with E-state index in [0.717, 1.165) is 18.2 Å². The summed E-state index contributed by atoms with van der Waals surface area (Å²) in [6.45, 7) is 1.85. The lowest BCUT2D eigenvalue weighted by Crippen LogP contribution is -2.18. The highest BCUT2D eigenvalue weighted by Gasteiger charge is 2.21. The molecule has 2 rings (SSSR count). The molecule has 0 radical (unpaired) electrons. The molecular weight excluding hydrogens is 438 g/mol. The van der Waals surface area contributed by atoms with Gasteiger partial charge >= 0.3 is 0 Å². The van der Waals surface area contributed by atoms with Crippen LogP contribution in [0.5, 0.6) is 0 Å². The Morgan fingerprint density at radius 2 is 1.70 bits per heavy atom. The van der Waals surface area contributed by atoms with E-state index in [9.17, 15) is 21.2 Å². The molecule has 2 aromatic rings. The lowest BCUT2D eigenvalue weighted by atomic mass is 10.3. The molecule has 0 aliphatic carbocycles. The predicted octanol–water partition coefficient (Wildman–Crippen LogP) is 4.48. The minimum absolute atomic E-state index is 0.0300. The number of hydrogen-bond donors (Lipinski definition) is 2. The third kappa shape index (κ3) is 5.97. The van der Waals surface area contributed by atoms with E-state index >= 15 is 0 Å². The summed E-state index contributed by atoms with van der Waals surface area (Å²) in [5, 5.41) is 0.0430. The molecule has 2 N–H and O–H groups in total. The van der Waals surface area contributed by atoms with Crippen LogP contribution in [-0.4, -0.2) is 22.6 Å². The van der Waals surface area contributed by atoms with Crippen molar-refractivity contribution < 1.29 is 21.2 Å². The van der Waals surface area contributed by atoms with Crippen LogP contribution in [0.2, 0.25) is 10.0 Å². The first kappa shape index (κ1) is 21.7. The van der Waals surface area contributed by atoms with Gasteiger partial charge < -0.3 is 0 Å². The Hall–Kier alpha value is -1.55. The molecule has 0 aliphatic rings. The Balaban J connectivity index is 2.32. The zero-order valence-corrected chi connectivity index (χ0v) is 17.3. The van der Waals surface area contributed by atoms with Crippen LogP contribution >= 0.6 is 23.2 Å². The molecule has 0 saturated carbocycles. The van der Waals surface area contributed by atoms with Gasteiger partial charge in [-0.15, -0.1) is 0 Å². The summed E-state index contributed by atoms with van der Waals surface area (Å²) in [6, 6.07) is 7.04. The number of halogens is 3. The maximum atomic E-state index is 14.1. The highest BCUT2D eigenvalue weighted by Crippen LogP contribution is 2.29. The molecule has 0 fully saturated rings. The molecule has 11 heteroatoms. The molecule has 0 spiro atoms. The standard InChI is InChI=1S/C16H17Cl2FN2O4S2/c1-2-3-8-26(22,23)20-12-5-7-14(19)15(10-12)21-27(24,25)16-9-11(17)4-6-13(16)18/h4-7,9-10,20-21H,2-3,8H2,1H3. The minimum Gasteiger partial charge on any atom is -0.283 e. The summed E-state index contributed by atoms with van der Waals surface area (Å²) in [4.78, 5) is -0.329. The van der Waals surface area contributed by atoms with E-state index in [2.05, 4.69) is 9.44 Å². The van der Waals surface area contributed by atoms with Crippen LogP contribution < -0.4 is 9.44 Å². The summed E-state index contributed by atoms with van der Waals surface area (Å²) in [7, 11) is -7.87. The van der Waals surface area contributed by atoms with Gasteiger partial charge in [-0.05, 0) is 42.8 Å². The Morgan fingerprint density at radius 1 is 1.00 bits per heavy atom. The second kappa shape index (κ2) is 8.64. The van der Waals surface area contributed by atoms with Gasteiger partial charge in [-0.1, -0.05) is 36.5 Å². The summed E-state index contributed by atoms with van der Waals surface area (Å²) in [6.07, 6.45) is 1.15. The molecule has 0 heterocycles. The van der Waals surface area contributed by atoms with Crippen molar-refractivity contribution in [2.75, 3.05) is 15.2 Å². The van der Waals surface area contributed by atoms with Crippen LogP contribution in [0.4, 0.5) is 15.8 Å². The topological polar surface area (TPSA) is 92.3 Å². The molecule has 0 atom stereocenters. The SMILES string of the molecule is CCCCS(=O)(=O)Nc1ccc(F)c(NS(=O)(=O)c2cc(Cl)ccc2Cl)c1. The van der Waals surface area contributed by atoms with E-state index in [-0.39, 0.29) is 26.4 Å². The van der Waals surface area contributed by atoms with Crippen LogP contribution in [0.25, 0.3) is 0 Å². The zero-order valence-electron chi connectivity index (χ0n) is 14.2. The van der Waals surface area contributed by atoms with Crippen molar-refractivity contribution in [3.05, 3.63) is 52.3 Å². The fourth-order valence-corrected chi connectivity index (χ4v) is 5.19. The second-order valence-electron chi connectivity index (χ2n) is 5.65. The second-order valence-corrected chi connectivity index (χ2v) is 9.99. The third-order valence-corrected chi connectivity index (χ3v) is 6.89. The molecule has 0 amide bonds. The Kier molecular flexibility index (Phi) is 6.96. The first-order valence-electron chi connectivity index (χ1n) is 7.82. The lowest BCUT2D eigenvalue weighted by Gasteiger charge is -2.13. The fraction of sp³-hybridized carbons (Fsp3) is 0.250. The highest BCUT2D eigenvalue weighted by molar-refractivity contribution is 7.93. The van der Waals surface area contributed by atoms with E-state index in [1.54, 1.807) is 0 Å². The van der Waals surface area contributed by atoms with Gasteiger partial charge in [0.05, 0.1) is 22.2 Å². The monoisotopic (exact) mass is 454 g/mol. The van der Waals surface area contributed by atoms with Crippen LogP contribution in [0.3, 0.4) is 0 Å². The smallest absolute Gasteiger partial charge is 0.263 e. The normalized spacial score (nSPS) is 12.0. The minimum atomic E-state index is -4.25. The third-order valence-electron chi connectivity index (χ3n) is 3.43. The molecule has 27 heavy (non-hydrogen) atoms. The van der Waals surface area contributed by atoms with Gasteiger partial charge in [-0.2, -0.15) is 0 Å². The van der Waals surface area contributed by atoms with Crippen molar-refractivity contribution in [1.29, 1.82) is 0 Å². The van der Waals surface area contributed by atoms with Gasteiger partial charge in [0.25, 0.3) is 10.0 Å². The predicted molar refractivity (Wildman–Crippen MR) is 106 cm³/mol. The highest BCUT2D eigenvalue weighted by atomic mass is 35.5. The van der Waals surface area contributed by atoms with Crippen LogP contribution in [0.1, 0.15) is 19.8 Å². The molecule has 6 nitrogen and oxygen atoms in total. The summed E-state index contributed by atoms with van der Waals surface area (Å²) in [5.74, 6) is -0.978. The lowest BCUT2D eigenvalue weighted by molar-refractivity contribution is 0.597. The molecule has 0 saturated heterocycles. The number of anilines is 2. The van der Waals surface area contributed by atoms with Gasteiger partial charge in [0.15, 0.2) is 0 Å². The van der Waals surface area contributed by atoms with Gasteiger partial charge in [-0.3, -0.25) is 9.44 Å². The van der Waals surface area contributed by atoms with E-state index < -0.39 is 31.6 Å². The summed E-state index contributed by atoms with van der Waals surface area (Å²) >= 11 is 11.7. The average molecular weight is 455 g/mol. The van der Waals surface area contributed by atoms with Crippen molar-refractivity contribution in [3.63, 3.8) is 0 Å². The summed E-state index contributed by atoms with van der Waals surface area (Å²) < 4.78 is 67.4. The Morgan fingerprint density at radius 3 is 2.37 bits per heavy atom. The molecule has 2 aromatic carbocycles. The largest absolute Gasteiger partial charge is 0.283 e. The molecule has 148 valence electrons. The van der Waals surface area contributed by atoms with Crippen LogP contribution in [-0.2, 0) is 20.0 Å². The van der Waals surface area contributed by atoms with E-state index in [4.69, 9.17) is 23.2 Å². The quantitative estimate of drug-likeness (QED) is 0.614. The zero-order chi connectivity index (χ0) is 20.2. The molecule has 0 bridgehead atoms. The number of nitrogens with one attached hydrogen (secondary N) is 2. The van der Waals surface area contributed by atoms with Crippen molar-refractivity contribution in [2.24, 2.45) is 0 Å². The fourth-order valence-electron chi connectivity index (χ4n) is 2.11. The van der Waals surface area contributed by atoms with E-state index in [1.165, 1.54) is 18.2 Å². The van der Waals surface area contributed by atoms with E-state index in [0.29, 0.717) is 12.8 Å². The maximum absolute atomic E-state index is 14.1. The van der Waals surface area contributed by atoms with Crippen molar-refractivity contribution in [1.82, 2.24) is 0 Å². The van der Waals surface area contributed by atoms with Crippen molar-refractivity contribution in [3.8, 4) is 0 Å². The van der Waals surface area contributed by atoms with Crippen molar-refractivity contribution >= 4 is 54.6 Å². The van der Waals surface area contributed by atoms with Crippen molar-refractivity contribution in [2.45, 2.75) is 24.7 Å². The van der Waals surface area contributed by atoms with Crippen LogP contribution in [0, 0.1) is 5.82 Å². The van der Waals surface area contributed by atoms with Gasteiger partial charge in [0.2, 0.25) is 10.0 Å². The summed E-state index contributed by atoms with van der Waals surface area (Å²) in [5.41, 5.74) is -0.399. The number of rotatable bonds is 8. The van der Waals surface area contributed by atoms with Gasteiger partial charge in [0, 0.05) is 5.02 Å². The maximum Gasteiger partial charge on any atom is 0.263 e. The van der Waals surface area contributed by atoms with Gasteiger partial charge in [-0.25, -0.2) is 21.2 Å². The Labute approximate surface area is 167 Å².